The van der Waals surface area contributed by atoms with Gasteiger partial charge in [0.05, 0.1) is 19.3 Å². The van der Waals surface area contributed by atoms with Gasteiger partial charge >= 0.3 is 0 Å². The summed E-state index contributed by atoms with van der Waals surface area (Å²) in [5.41, 5.74) is 1.08. The van der Waals surface area contributed by atoms with Crippen LogP contribution < -0.4 is 5.32 Å². The van der Waals surface area contributed by atoms with Crippen LogP contribution in [0.15, 0.2) is 12.3 Å². The number of nitrogens with zero attached hydrogens (tertiary/aromatic N) is 6. The molecule has 0 bridgehead atoms. The molecule has 8 heteroatoms. The van der Waals surface area contributed by atoms with Crippen LogP contribution in [0.3, 0.4) is 0 Å². The van der Waals surface area contributed by atoms with E-state index in [-0.39, 0.29) is 0 Å². The van der Waals surface area contributed by atoms with Gasteiger partial charge in [-0.15, -0.1) is 10.2 Å². The highest BCUT2D eigenvalue weighted by atomic mass is 16.5. The Kier molecular flexibility index (Phi) is 4.37. The summed E-state index contributed by atoms with van der Waals surface area (Å²) in [6, 6.07) is 1.97. The molecular weight excluding hydrogens is 234 g/mol. The Balaban J connectivity index is 1.91. The Morgan fingerprint density at radius 2 is 2.33 bits per heavy atom. The number of aryl methyl sites for hydroxylation is 1. The van der Waals surface area contributed by atoms with Gasteiger partial charge in [0.25, 0.3) is 0 Å². The van der Waals surface area contributed by atoms with Gasteiger partial charge in [-0.3, -0.25) is 4.68 Å². The molecule has 98 valence electrons. The molecule has 0 aliphatic heterocycles. The molecule has 0 fully saturated rings. The first-order chi connectivity index (χ1) is 8.79. The number of methoxy groups -OCH3 is 1. The minimum atomic E-state index is 0.530. The third kappa shape index (κ3) is 3.34. The molecule has 0 atom stereocenters. The molecule has 0 aliphatic rings. The molecular formula is C10H17N7O. The second-order valence-electron chi connectivity index (χ2n) is 3.84. The molecule has 8 nitrogen and oxygen atoms in total. The number of rotatable bonds is 7. The van der Waals surface area contributed by atoms with Crippen LogP contribution in [-0.4, -0.2) is 50.2 Å². The van der Waals surface area contributed by atoms with E-state index in [9.17, 15) is 0 Å². The average molecular weight is 251 g/mol. The molecule has 18 heavy (non-hydrogen) atoms. The van der Waals surface area contributed by atoms with Gasteiger partial charge in [-0.1, -0.05) is 0 Å². The molecule has 0 radical (unpaired) electrons. The van der Waals surface area contributed by atoms with Gasteiger partial charge in [0, 0.05) is 26.4 Å². The Bertz CT molecular complexity index is 478. The normalized spacial score (nSPS) is 11.0. The van der Waals surface area contributed by atoms with Crippen molar-refractivity contribution in [1.82, 2.24) is 35.3 Å². The molecule has 0 saturated carbocycles. The van der Waals surface area contributed by atoms with Gasteiger partial charge in [0.2, 0.25) is 0 Å². The summed E-state index contributed by atoms with van der Waals surface area (Å²) >= 11 is 0. The Hall–Kier alpha value is -1.80. The molecule has 0 amide bonds. The largest absolute Gasteiger partial charge is 0.383 e. The van der Waals surface area contributed by atoms with Crippen molar-refractivity contribution in [3.05, 3.63) is 23.8 Å². The van der Waals surface area contributed by atoms with Gasteiger partial charge in [-0.25, -0.2) is 0 Å². The quantitative estimate of drug-likeness (QED) is 0.648. The Morgan fingerprint density at radius 3 is 3.06 bits per heavy atom. The van der Waals surface area contributed by atoms with Crippen molar-refractivity contribution in [1.29, 1.82) is 0 Å². The summed E-state index contributed by atoms with van der Waals surface area (Å²) in [4.78, 5) is 1.44. The van der Waals surface area contributed by atoms with Crippen LogP contribution >= 0.6 is 0 Å². The lowest BCUT2D eigenvalue weighted by atomic mass is 10.4. The molecule has 0 saturated heterocycles. The lowest BCUT2D eigenvalue weighted by Crippen LogP contribution is -2.21. The third-order valence-corrected chi connectivity index (χ3v) is 2.43. The minimum absolute atomic E-state index is 0.530. The Morgan fingerprint density at radius 1 is 1.44 bits per heavy atom. The van der Waals surface area contributed by atoms with Crippen molar-refractivity contribution in [3.63, 3.8) is 0 Å². The molecule has 2 rings (SSSR count). The standard InChI is InChI=1S/C10H17N7O/c1-16-14-10(13-15-16)8-17-9(3-4-12-17)7-11-5-6-18-2/h3-4,11H,5-8H2,1-2H3. The number of ether oxygens (including phenoxy) is 1. The van der Waals surface area contributed by atoms with Gasteiger partial charge in [0.15, 0.2) is 5.82 Å². The van der Waals surface area contributed by atoms with Gasteiger partial charge in [-0.05, 0) is 11.3 Å². The van der Waals surface area contributed by atoms with Gasteiger partial charge < -0.3 is 10.1 Å². The van der Waals surface area contributed by atoms with Crippen molar-refractivity contribution < 1.29 is 4.74 Å². The maximum atomic E-state index is 4.97. The van der Waals surface area contributed by atoms with Crippen molar-refractivity contribution >= 4 is 0 Å². The number of nitrogens with one attached hydrogen (secondary N) is 1. The van der Waals surface area contributed by atoms with Crippen LogP contribution in [0, 0.1) is 0 Å². The molecule has 0 spiro atoms. The second-order valence-corrected chi connectivity index (χ2v) is 3.84. The highest BCUT2D eigenvalue weighted by Crippen LogP contribution is 2.01. The maximum Gasteiger partial charge on any atom is 0.196 e. The zero-order chi connectivity index (χ0) is 12.8. The molecule has 2 heterocycles. The highest BCUT2D eigenvalue weighted by Gasteiger charge is 2.06. The first-order valence-electron chi connectivity index (χ1n) is 5.73. The van der Waals surface area contributed by atoms with Crippen LogP contribution in [0.5, 0.6) is 0 Å². The van der Waals surface area contributed by atoms with Crippen molar-refractivity contribution in [2.75, 3.05) is 20.3 Å². The van der Waals surface area contributed by atoms with Crippen molar-refractivity contribution in [2.24, 2.45) is 7.05 Å². The SMILES string of the molecule is COCCNCc1ccnn1Cc1nnn(C)n1. The van der Waals surface area contributed by atoms with Crippen LogP contribution in [0.4, 0.5) is 0 Å². The minimum Gasteiger partial charge on any atom is -0.383 e. The fourth-order valence-electron chi connectivity index (χ4n) is 1.56. The first kappa shape index (κ1) is 12.7. The molecule has 2 aromatic heterocycles. The fraction of sp³-hybridized carbons (Fsp3) is 0.600. The lowest BCUT2D eigenvalue weighted by Gasteiger charge is -2.06. The van der Waals surface area contributed by atoms with E-state index in [1.165, 1.54) is 4.80 Å². The zero-order valence-electron chi connectivity index (χ0n) is 10.6. The highest BCUT2D eigenvalue weighted by molar-refractivity contribution is 5.01. The second kappa shape index (κ2) is 6.22. The van der Waals surface area contributed by atoms with Gasteiger partial charge in [0.1, 0.15) is 6.54 Å². The average Bonchev–Trinajstić information content (AvgIpc) is 2.95. The summed E-state index contributed by atoms with van der Waals surface area (Å²) in [5, 5.41) is 19.4. The summed E-state index contributed by atoms with van der Waals surface area (Å²) in [6.07, 6.45) is 1.77. The zero-order valence-corrected chi connectivity index (χ0v) is 10.6. The van der Waals surface area contributed by atoms with E-state index < -0.39 is 0 Å². The summed E-state index contributed by atoms with van der Waals surface area (Å²) in [5.74, 6) is 0.652. The van der Waals surface area contributed by atoms with Crippen LogP contribution in [0.25, 0.3) is 0 Å². The lowest BCUT2D eigenvalue weighted by molar-refractivity contribution is 0.199. The molecule has 0 aromatic carbocycles. The number of aromatic nitrogens is 6. The molecule has 0 aliphatic carbocycles. The number of hydrogen-bond donors (Lipinski definition) is 1. The van der Waals surface area contributed by atoms with E-state index in [4.69, 9.17) is 4.74 Å². The number of tetrazole rings is 1. The van der Waals surface area contributed by atoms with E-state index in [1.54, 1.807) is 20.4 Å². The van der Waals surface area contributed by atoms with Gasteiger partial charge in [-0.2, -0.15) is 9.90 Å². The molecule has 1 N–H and O–H groups in total. The summed E-state index contributed by atoms with van der Waals surface area (Å²) in [7, 11) is 3.43. The van der Waals surface area contributed by atoms with Crippen LogP contribution in [0.2, 0.25) is 0 Å². The monoisotopic (exact) mass is 251 g/mol. The smallest absolute Gasteiger partial charge is 0.196 e. The number of hydrogen-bond acceptors (Lipinski definition) is 6. The van der Waals surface area contributed by atoms with Crippen LogP contribution in [-0.2, 0) is 24.9 Å². The maximum absolute atomic E-state index is 4.97. The van der Waals surface area contributed by atoms with E-state index >= 15 is 0 Å². The predicted octanol–water partition coefficient (Wildman–Crippen LogP) is -0.809. The summed E-state index contributed by atoms with van der Waals surface area (Å²) in [6.45, 7) is 2.77. The van der Waals surface area contributed by atoms with E-state index in [2.05, 4.69) is 25.8 Å². The fourth-order valence-corrected chi connectivity index (χ4v) is 1.56. The first-order valence-corrected chi connectivity index (χ1v) is 5.73. The Labute approximate surface area is 105 Å². The summed E-state index contributed by atoms with van der Waals surface area (Å²) < 4.78 is 6.83. The van der Waals surface area contributed by atoms with E-state index in [1.807, 2.05) is 10.7 Å². The van der Waals surface area contributed by atoms with Crippen LogP contribution in [0.1, 0.15) is 11.5 Å². The van der Waals surface area contributed by atoms with Crippen molar-refractivity contribution in [3.8, 4) is 0 Å². The van der Waals surface area contributed by atoms with Crippen molar-refractivity contribution in [2.45, 2.75) is 13.1 Å². The third-order valence-electron chi connectivity index (χ3n) is 2.43. The topological polar surface area (TPSA) is 82.7 Å². The predicted molar refractivity (Wildman–Crippen MR) is 63.7 cm³/mol. The van der Waals surface area contributed by atoms with E-state index in [0.29, 0.717) is 19.0 Å². The van der Waals surface area contributed by atoms with E-state index in [0.717, 1.165) is 18.8 Å². The molecule has 2 aromatic rings. The molecule has 0 unspecified atom stereocenters.